The highest BCUT2D eigenvalue weighted by molar-refractivity contribution is 9.10. The molecule has 1 aromatic heterocycles. The number of nitrogen functional groups attached to an aromatic ring is 1. The Kier molecular flexibility index (Phi) is 3.82. The van der Waals surface area contributed by atoms with Gasteiger partial charge in [0.15, 0.2) is 0 Å². The van der Waals surface area contributed by atoms with Crippen molar-refractivity contribution in [3.05, 3.63) is 16.9 Å². The minimum atomic E-state index is 0.116. The number of nitrogens with zero attached hydrogens (tertiary/aromatic N) is 1. The normalized spacial score (nSPS) is 25.6. The van der Waals surface area contributed by atoms with Crippen molar-refractivity contribution in [2.75, 3.05) is 17.7 Å². The van der Waals surface area contributed by atoms with E-state index in [9.17, 15) is 0 Å². The van der Waals surface area contributed by atoms with Crippen molar-refractivity contribution in [3.8, 4) is 0 Å². The summed E-state index contributed by atoms with van der Waals surface area (Å²) in [5.74, 6) is 0. The van der Waals surface area contributed by atoms with E-state index in [0.29, 0.717) is 17.8 Å². The van der Waals surface area contributed by atoms with Crippen LogP contribution in [0, 0.1) is 5.41 Å². The minimum absolute atomic E-state index is 0.116. The maximum Gasteiger partial charge on any atom is 0.0752 e. The molecule has 1 fully saturated rings. The Morgan fingerprint density at radius 1 is 1.56 bits per heavy atom. The molecule has 100 valence electrons. The van der Waals surface area contributed by atoms with E-state index in [2.05, 4.69) is 40.1 Å². The lowest BCUT2D eigenvalue weighted by Crippen LogP contribution is -2.58. The third-order valence-electron chi connectivity index (χ3n) is 3.79. The molecule has 1 aliphatic carbocycles. The van der Waals surface area contributed by atoms with Crippen molar-refractivity contribution >= 4 is 27.3 Å². The van der Waals surface area contributed by atoms with Gasteiger partial charge in [-0.3, -0.25) is 4.98 Å². The second-order valence-electron chi connectivity index (χ2n) is 5.28. The fourth-order valence-corrected chi connectivity index (χ4v) is 2.85. The molecule has 1 saturated carbocycles. The zero-order chi connectivity index (χ0) is 13.3. The predicted molar refractivity (Wildman–Crippen MR) is 77.6 cm³/mol. The van der Waals surface area contributed by atoms with Crippen LogP contribution in [0.25, 0.3) is 0 Å². The number of anilines is 2. The van der Waals surface area contributed by atoms with Gasteiger partial charge in [0.25, 0.3) is 0 Å². The Morgan fingerprint density at radius 3 is 2.83 bits per heavy atom. The highest BCUT2D eigenvalue weighted by atomic mass is 79.9. The first-order valence-corrected chi connectivity index (χ1v) is 7.03. The highest BCUT2D eigenvalue weighted by Crippen LogP contribution is 2.45. The fourth-order valence-electron chi connectivity index (χ4n) is 2.39. The average Bonchev–Trinajstić information content (AvgIpc) is 2.31. The number of nitrogens with two attached hydrogens (primary N) is 1. The van der Waals surface area contributed by atoms with Gasteiger partial charge in [0.1, 0.15) is 0 Å². The first-order valence-electron chi connectivity index (χ1n) is 6.24. The van der Waals surface area contributed by atoms with Gasteiger partial charge in [-0.2, -0.15) is 0 Å². The summed E-state index contributed by atoms with van der Waals surface area (Å²) >= 11 is 3.48. The van der Waals surface area contributed by atoms with Crippen LogP contribution in [-0.2, 0) is 4.74 Å². The molecule has 0 radical (unpaired) electrons. The van der Waals surface area contributed by atoms with Crippen LogP contribution in [0.1, 0.15) is 27.2 Å². The number of hydrogen-bond acceptors (Lipinski definition) is 4. The molecule has 1 aliphatic rings. The molecule has 0 aromatic carbocycles. The van der Waals surface area contributed by atoms with Gasteiger partial charge >= 0.3 is 0 Å². The summed E-state index contributed by atoms with van der Waals surface area (Å²) in [4.78, 5) is 4.04. The summed E-state index contributed by atoms with van der Waals surface area (Å²) in [6, 6.07) is 0.370. The monoisotopic (exact) mass is 313 g/mol. The van der Waals surface area contributed by atoms with Crippen LogP contribution < -0.4 is 11.1 Å². The molecule has 18 heavy (non-hydrogen) atoms. The Bertz CT molecular complexity index is 416. The Balaban J connectivity index is 2.08. The maximum absolute atomic E-state index is 5.94. The molecule has 0 aliphatic heterocycles. The van der Waals surface area contributed by atoms with E-state index in [-0.39, 0.29) is 5.41 Å². The molecular weight excluding hydrogens is 294 g/mol. The van der Waals surface area contributed by atoms with Gasteiger partial charge in [0, 0.05) is 24.3 Å². The van der Waals surface area contributed by atoms with Gasteiger partial charge in [0.05, 0.1) is 28.1 Å². The molecule has 4 nitrogen and oxygen atoms in total. The number of halogens is 1. The van der Waals surface area contributed by atoms with Crippen molar-refractivity contribution in [2.24, 2.45) is 5.41 Å². The number of pyridine rings is 1. The summed E-state index contributed by atoms with van der Waals surface area (Å²) in [7, 11) is 0. The zero-order valence-electron chi connectivity index (χ0n) is 11.0. The average molecular weight is 314 g/mol. The van der Waals surface area contributed by atoms with Crippen LogP contribution in [0.2, 0.25) is 0 Å². The molecule has 5 heteroatoms. The van der Waals surface area contributed by atoms with E-state index in [1.807, 2.05) is 6.92 Å². The summed E-state index contributed by atoms with van der Waals surface area (Å²) in [5, 5.41) is 3.50. The quantitative estimate of drug-likeness (QED) is 0.897. The van der Waals surface area contributed by atoms with E-state index < -0.39 is 0 Å². The third kappa shape index (κ3) is 2.34. The largest absolute Gasteiger partial charge is 0.396 e. The van der Waals surface area contributed by atoms with E-state index >= 15 is 0 Å². The van der Waals surface area contributed by atoms with Crippen LogP contribution in [-0.4, -0.2) is 23.7 Å². The van der Waals surface area contributed by atoms with Crippen molar-refractivity contribution < 1.29 is 4.74 Å². The van der Waals surface area contributed by atoms with Crippen molar-refractivity contribution in [1.82, 2.24) is 4.98 Å². The third-order valence-corrected chi connectivity index (χ3v) is 4.39. The van der Waals surface area contributed by atoms with Gasteiger partial charge in [0.2, 0.25) is 0 Å². The van der Waals surface area contributed by atoms with Gasteiger partial charge < -0.3 is 15.8 Å². The van der Waals surface area contributed by atoms with E-state index in [0.717, 1.165) is 23.2 Å². The number of rotatable bonds is 4. The van der Waals surface area contributed by atoms with Crippen molar-refractivity contribution in [2.45, 2.75) is 39.3 Å². The van der Waals surface area contributed by atoms with Crippen molar-refractivity contribution in [1.29, 1.82) is 0 Å². The fraction of sp³-hybridized carbons (Fsp3) is 0.615. The van der Waals surface area contributed by atoms with Crippen LogP contribution in [0.3, 0.4) is 0 Å². The molecule has 0 saturated heterocycles. The first-order chi connectivity index (χ1) is 8.46. The second kappa shape index (κ2) is 5.05. The van der Waals surface area contributed by atoms with Crippen LogP contribution in [0.4, 0.5) is 11.4 Å². The molecule has 0 bridgehead atoms. The molecule has 0 spiro atoms. The summed E-state index contributed by atoms with van der Waals surface area (Å²) in [6.45, 7) is 7.25. The van der Waals surface area contributed by atoms with Crippen LogP contribution in [0.5, 0.6) is 0 Å². The molecule has 1 aromatic rings. The van der Waals surface area contributed by atoms with E-state index in [4.69, 9.17) is 10.5 Å². The van der Waals surface area contributed by atoms with Crippen molar-refractivity contribution in [3.63, 3.8) is 0 Å². The Hall–Kier alpha value is -0.810. The first kappa shape index (κ1) is 13.6. The van der Waals surface area contributed by atoms with Crippen LogP contribution >= 0.6 is 15.9 Å². The SMILES string of the molecule is CCOC1CC(Nc2c(N)cncc2Br)C1(C)C. The van der Waals surface area contributed by atoms with Gasteiger partial charge in [-0.25, -0.2) is 0 Å². The van der Waals surface area contributed by atoms with E-state index in [1.54, 1.807) is 12.4 Å². The Morgan fingerprint density at radius 2 is 2.28 bits per heavy atom. The molecule has 2 rings (SSSR count). The predicted octanol–water partition coefficient (Wildman–Crippen LogP) is 3.04. The summed E-state index contributed by atoms with van der Waals surface area (Å²) < 4.78 is 6.63. The topological polar surface area (TPSA) is 60.2 Å². The van der Waals surface area contributed by atoms with Gasteiger partial charge in [-0.05, 0) is 29.3 Å². The molecule has 2 unspecified atom stereocenters. The molecule has 0 amide bonds. The smallest absolute Gasteiger partial charge is 0.0752 e. The molecule has 2 atom stereocenters. The lowest BCUT2D eigenvalue weighted by molar-refractivity contribution is -0.0975. The zero-order valence-corrected chi connectivity index (χ0v) is 12.6. The number of aromatic nitrogens is 1. The number of hydrogen-bond donors (Lipinski definition) is 2. The van der Waals surface area contributed by atoms with E-state index in [1.165, 1.54) is 0 Å². The minimum Gasteiger partial charge on any atom is -0.396 e. The lowest BCUT2D eigenvalue weighted by atomic mass is 9.64. The van der Waals surface area contributed by atoms with Crippen LogP contribution in [0.15, 0.2) is 16.9 Å². The highest BCUT2D eigenvalue weighted by Gasteiger charge is 2.49. The standard InChI is InChI=1S/C13H20BrN3O/c1-4-18-11-5-10(13(11,2)3)17-12-8(14)6-16-7-9(12)15/h6-7,10-11H,4-5,15H2,1-3H3,(H,16,17). The summed E-state index contributed by atoms with van der Waals surface area (Å²) in [6.07, 6.45) is 4.75. The molecule has 1 heterocycles. The molecule has 3 N–H and O–H groups in total. The van der Waals surface area contributed by atoms with Gasteiger partial charge in [-0.15, -0.1) is 0 Å². The number of ether oxygens (including phenoxy) is 1. The second-order valence-corrected chi connectivity index (χ2v) is 6.14. The summed E-state index contributed by atoms with van der Waals surface area (Å²) in [5.41, 5.74) is 7.66. The van der Waals surface area contributed by atoms with Gasteiger partial charge in [-0.1, -0.05) is 13.8 Å². The Labute approximate surface area is 116 Å². The lowest BCUT2D eigenvalue weighted by Gasteiger charge is -2.52. The maximum atomic E-state index is 5.94. The molecular formula is C13H20BrN3O. The number of nitrogens with one attached hydrogen (secondary N) is 1.